The molecule has 2 unspecified atom stereocenters. The molecule has 1 rings (SSSR count). The lowest BCUT2D eigenvalue weighted by molar-refractivity contribution is 0.121. The van der Waals surface area contributed by atoms with Gasteiger partial charge in [0.05, 0.1) is 6.10 Å². The zero-order chi connectivity index (χ0) is 8.97. The first-order valence-corrected chi connectivity index (χ1v) is 4.90. The van der Waals surface area contributed by atoms with Gasteiger partial charge in [0, 0.05) is 12.6 Å². The normalized spacial score (nSPS) is 24.2. The second-order valence-electron chi connectivity index (χ2n) is 3.65. The quantitative estimate of drug-likeness (QED) is 0.636. The van der Waals surface area contributed by atoms with E-state index in [0.29, 0.717) is 0 Å². The minimum atomic E-state index is -0.328. The fraction of sp³-hybridized carbons (Fsp3) is 1.00. The van der Waals surface area contributed by atoms with E-state index >= 15 is 0 Å². The third-order valence-corrected chi connectivity index (χ3v) is 2.58. The summed E-state index contributed by atoms with van der Waals surface area (Å²) in [6.45, 7) is 5.14. The first-order chi connectivity index (χ1) is 5.74. The number of likely N-dealkylation sites (tertiary alicyclic amines) is 1. The van der Waals surface area contributed by atoms with E-state index in [2.05, 4.69) is 4.90 Å². The van der Waals surface area contributed by atoms with Crippen LogP contribution in [0.4, 0.5) is 0 Å². The first-order valence-electron chi connectivity index (χ1n) is 4.90. The summed E-state index contributed by atoms with van der Waals surface area (Å²) < 4.78 is 0. The van der Waals surface area contributed by atoms with Gasteiger partial charge in [0.15, 0.2) is 0 Å². The highest BCUT2D eigenvalue weighted by atomic mass is 16.3. The van der Waals surface area contributed by atoms with Crippen molar-refractivity contribution in [3.05, 3.63) is 0 Å². The SMILES string of the molecule is CCC(O)C(N)CN1CCCC1. The molecule has 1 aliphatic heterocycles. The molecule has 3 heteroatoms. The van der Waals surface area contributed by atoms with Crippen molar-refractivity contribution in [1.82, 2.24) is 4.90 Å². The van der Waals surface area contributed by atoms with Crippen LogP contribution in [-0.4, -0.2) is 41.8 Å². The van der Waals surface area contributed by atoms with Crippen LogP contribution < -0.4 is 5.73 Å². The molecule has 72 valence electrons. The van der Waals surface area contributed by atoms with Crippen molar-refractivity contribution in [2.75, 3.05) is 19.6 Å². The molecule has 1 saturated heterocycles. The van der Waals surface area contributed by atoms with E-state index in [9.17, 15) is 5.11 Å². The summed E-state index contributed by atoms with van der Waals surface area (Å²) in [7, 11) is 0. The summed E-state index contributed by atoms with van der Waals surface area (Å²) in [4.78, 5) is 2.34. The van der Waals surface area contributed by atoms with Gasteiger partial charge in [-0.3, -0.25) is 0 Å². The highest BCUT2D eigenvalue weighted by Crippen LogP contribution is 2.08. The monoisotopic (exact) mass is 172 g/mol. The lowest BCUT2D eigenvalue weighted by Gasteiger charge is -2.23. The maximum Gasteiger partial charge on any atom is 0.0701 e. The van der Waals surface area contributed by atoms with Gasteiger partial charge in [0.25, 0.3) is 0 Å². The number of nitrogens with zero attached hydrogens (tertiary/aromatic N) is 1. The van der Waals surface area contributed by atoms with E-state index < -0.39 is 0 Å². The molecule has 0 saturated carbocycles. The molecule has 0 aromatic carbocycles. The number of aliphatic hydroxyl groups excluding tert-OH is 1. The van der Waals surface area contributed by atoms with Crippen LogP contribution in [0, 0.1) is 0 Å². The van der Waals surface area contributed by atoms with Crippen LogP contribution in [0.3, 0.4) is 0 Å². The van der Waals surface area contributed by atoms with Gasteiger partial charge in [-0.2, -0.15) is 0 Å². The third kappa shape index (κ3) is 2.73. The number of hydrogen-bond acceptors (Lipinski definition) is 3. The summed E-state index contributed by atoms with van der Waals surface area (Å²) in [6, 6.07) is -0.0619. The minimum Gasteiger partial charge on any atom is -0.391 e. The molecule has 3 N–H and O–H groups in total. The predicted molar refractivity (Wildman–Crippen MR) is 49.9 cm³/mol. The van der Waals surface area contributed by atoms with Crippen molar-refractivity contribution >= 4 is 0 Å². The molecule has 1 heterocycles. The fourth-order valence-electron chi connectivity index (χ4n) is 1.69. The van der Waals surface area contributed by atoms with Gasteiger partial charge < -0.3 is 15.7 Å². The Morgan fingerprint density at radius 1 is 1.42 bits per heavy atom. The van der Waals surface area contributed by atoms with E-state index in [1.54, 1.807) is 0 Å². The molecule has 0 aromatic rings. The van der Waals surface area contributed by atoms with E-state index in [-0.39, 0.29) is 12.1 Å². The molecular formula is C9H20N2O. The third-order valence-electron chi connectivity index (χ3n) is 2.58. The van der Waals surface area contributed by atoms with E-state index in [1.165, 1.54) is 12.8 Å². The van der Waals surface area contributed by atoms with E-state index in [4.69, 9.17) is 5.73 Å². The first kappa shape index (κ1) is 9.96. The summed E-state index contributed by atoms with van der Waals surface area (Å²) in [5, 5.41) is 9.44. The summed E-state index contributed by atoms with van der Waals surface area (Å²) in [5.74, 6) is 0. The van der Waals surface area contributed by atoms with Crippen LogP contribution in [-0.2, 0) is 0 Å². The van der Waals surface area contributed by atoms with E-state index in [0.717, 1.165) is 26.1 Å². The van der Waals surface area contributed by atoms with Crippen LogP contribution in [0.5, 0.6) is 0 Å². The zero-order valence-corrected chi connectivity index (χ0v) is 7.87. The summed E-state index contributed by atoms with van der Waals surface area (Å²) >= 11 is 0. The smallest absolute Gasteiger partial charge is 0.0701 e. The summed E-state index contributed by atoms with van der Waals surface area (Å²) in [5.41, 5.74) is 5.82. The van der Waals surface area contributed by atoms with Crippen molar-refractivity contribution < 1.29 is 5.11 Å². The van der Waals surface area contributed by atoms with Gasteiger partial charge in [-0.05, 0) is 32.4 Å². The van der Waals surface area contributed by atoms with Gasteiger partial charge in [0.1, 0.15) is 0 Å². The number of rotatable bonds is 4. The van der Waals surface area contributed by atoms with Crippen molar-refractivity contribution in [3.8, 4) is 0 Å². The van der Waals surface area contributed by atoms with Crippen molar-refractivity contribution in [1.29, 1.82) is 0 Å². The average Bonchev–Trinajstić information content (AvgIpc) is 2.55. The minimum absolute atomic E-state index is 0.0619. The molecule has 0 aromatic heterocycles. The Morgan fingerprint density at radius 3 is 2.50 bits per heavy atom. The highest BCUT2D eigenvalue weighted by Gasteiger charge is 2.18. The Hall–Kier alpha value is -0.120. The Morgan fingerprint density at radius 2 is 2.00 bits per heavy atom. The molecule has 3 nitrogen and oxygen atoms in total. The number of nitrogens with two attached hydrogens (primary N) is 1. The molecule has 0 amide bonds. The molecule has 2 atom stereocenters. The lowest BCUT2D eigenvalue weighted by atomic mass is 10.1. The van der Waals surface area contributed by atoms with Crippen molar-refractivity contribution in [3.63, 3.8) is 0 Å². The highest BCUT2D eigenvalue weighted by molar-refractivity contribution is 4.77. The lowest BCUT2D eigenvalue weighted by Crippen LogP contribution is -2.43. The van der Waals surface area contributed by atoms with Gasteiger partial charge in [-0.15, -0.1) is 0 Å². The Labute approximate surface area is 74.5 Å². The van der Waals surface area contributed by atoms with Gasteiger partial charge in [-0.25, -0.2) is 0 Å². The predicted octanol–water partition coefficient (Wildman–Crippen LogP) is 0.180. The fourth-order valence-corrected chi connectivity index (χ4v) is 1.69. The molecular weight excluding hydrogens is 152 g/mol. The van der Waals surface area contributed by atoms with E-state index in [1.807, 2.05) is 6.92 Å². The molecule has 0 radical (unpaired) electrons. The largest absolute Gasteiger partial charge is 0.391 e. The second-order valence-corrected chi connectivity index (χ2v) is 3.65. The van der Waals surface area contributed by atoms with Crippen molar-refractivity contribution in [2.45, 2.75) is 38.3 Å². The molecule has 1 aliphatic rings. The molecule has 12 heavy (non-hydrogen) atoms. The maximum absolute atomic E-state index is 9.44. The van der Waals surface area contributed by atoms with Crippen LogP contribution in [0.15, 0.2) is 0 Å². The van der Waals surface area contributed by atoms with Gasteiger partial charge >= 0.3 is 0 Å². The Balaban J connectivity index is 2.19. The van der Waals surface area contributed by atoms with Crippen LogP contribution in [0.25, 0.3) is 0 Å². The van der Waals surface area contributed by atoms with Crippen LogP contribution in [0.2, 0.25) is 0 Å². The van der Waals surface area contributed by atoms with Crippen LogP contribution in [0.1, 0.15) is 26.2 Å². The standard InChI is InChI=1S/C9H20N2O/c1-2-9(12)8(10)7-11-5-3-4-6-11/h8-9,12H,2-7,10H2,1H3. The Bertz CT molecular complexity index is 124. The summed E-state index contributed by atoms with van der Waals surface area (Å²) in [6.07, 6.45) is 3.00. The average molecular weight is 172 g/mol. The maximum atomic E-state index is 9.44. The second kappa shape index (κ2) is 4.80. The molecule has 0 spiro atoms. The number of hydrogen-bond donors (Lipinski definition) is 2. The van der Waals surface area contributed by atoms with Gasteiger partial charge in [0.2, 0.25) is 0 Å². The zero-order valence-electron chi connectivity index (χ0n) is 7.87. The van der Waals surface area contributed by atoms with Gasteiger partial charge in [-0.1, -0.05) is 6.92 Å². The number of aliphatic hydroxyl groups is 1. The van der Waals surface area contributed by atoms with Crippen molar-refractivity contribution in [2.24, 2.45) is 5.73 Å². The molecule has 0 aliphatic carbocycles. The Kier molecular flexibility index (Phi) is 3.98. The molecule has 0 bridgehead atoms. The van der Waals surface area contributed by atoms with Crippen LogP contribution >= 0.6 is 0 Å². The molecule has 1 fully saturated rings. The topological polar surface area (TPSA) is 49.5 Å².